The smallest absolute Gasteiger partial charge is 0.164 e. The molecule has 0 aliphatic carbocycles. The Kier molecular flexibility index (Phi) is 5.27. The van der Waals surface area contributed by atoms with Crippen LogP contribution in [-0.4, -0.2) is 48.9 Å². The van der Waals surface area contributed by atoms with Crippen LogP contribution < -0.4 is 0 Å². The summed E-state index contributed by atoms with van der Waals surface area (Å²) in [5.74, 6) is -1.54. The van der Waals surface area contributed by atoms with Gasteiger partial charge in [-0.3, -0.25) is 0 Å². The minimum Gasteiger partial charge on any atom is -0.368 e. The van der Waals surface area contributed by atoms with Gasteiger partial charge >= 0.3 is 0 Å². The predicted octanol–water partition coefficient (Wildman–Crippen LogP) is 2.44. The lowest BCUT2D eigenvalue weighted by atomic mass is 10.0. The molecule has 0 unspecified atom stereocenters. The van der Waals surface area contributed by atoms with E-state index >= 15 is 0 Å². The molecule has 2 fully saturated rings. The first kappa shape index (κ1) is 18.5. The number of carbonyl (C=O) groups is 1. The monoisotopic (exact) mass is 350 g/mol. The largest absolute Gasteiger partial charge is 0.368 e. The summed E-state index contributed by atoms with van der Waals surface area (Å²) < 4.78 is 29.5. The average molecular weight is 350 g/mol. The maximum atomic E-state index is 11.5. The van der Waals surface area contributed by atoms with Crippen LogP contribution in [0.2, 0.25) is 0 Å². The molecule has 2 heterocycles. The highest BCUT2D eigenvalue weighted by molar-refractivity contribution is 5.58. The molecule has 0 saturated carbocycles. The molecule has 2 saturated heterocycles. The van der Waals surface area contributed by atoms with Gasteiger partial charge in [-0.2, -0.15) is 0 Å². The number of rotatable bonds is 6. The third-order valence-electron chi connectivity index (χ3n) is 4.30. The first-order chi connectivity index (χ1) is 11.8. The number of hydrogen-bond donors (Lipinski definition) is 0. The van der Waals surface area contributed by atoms with Crippen LogP contribution >= 0.6 is 0 Å². The number of aldehydes is 1. The molecule has 25 heavy (non-hydrogen) atoms. The molecule has 1 aromatic rings. The molecule has 0 bridgehead atoms. The molecule has 3 rings (SSSR count). The van der Waals surface area contributed by atoms with Gasteiger partial charge in [0, 0.05) is 0 Å². The van der Waals surface area contributed by atoms with Crippen LogP contribution in [0.1, 0.15) is 33.3 Å². The highest BCUT2D eigenvalue weighted by atomic mass is 16.8. The van der Waals surface area contributed by atoms with E-state index in [1.165, 1.54) is 0 Å². The molecule has 6 nitrogen and oxygen atoms in total. The summed E-state index contributed by atoms with van der Waals surface area (Å²) in [7, 11) is 0. The lowest BCUT2D eigenvalue weighted by Crippen LogP contribution is -2.47. The minimum atomic E-state index is -0.848. The van der Waals surface area contributed by atoms with E-state index in [0.717, 1.165) is 11.8 Å². The molecule has 0 N–H and O–H groups in total. The number of carbonyl (C=O) groups excluding carboxylic acids is 1. The normalized spacial score (nSPS) is 31.8. The fourth-order valence-corrected chi connectivity index (χ4v) is 3.23. The van der Waals surface area contributed by atoms with Gasteiger partial charge in [-0.1, -0.05) is 30.3 Å². The van der Waals surface area contributed by atoms with Crippen molar-refractivity contribution in [3.63, 3.8) is 0 Å². The van der Waals surface area contributed by atoms with Gasteiger partial charge in [0.1, 0.15) is 24.4 Å². The SMILES string of the molecule is CC1(C)O[C@@H]([C@@H](OCc2ccccc2)[C@@H]2COC(C)(C)O2)[C@H](C=O)O1. The van der Waals surface area contributed by atoms with Gasteiger partial charge in [0.05, 0.1) is 13.2 Å². The van der Waals surface area contributed by atoms with Crippen molar-refractivity contribution in [1.82, 2.24) is 0 Å². The quantitative estimate of drug-likeness (QED) is 0.735. The van der Waals surface area contributed by atoms with Gasteiger partial charge in [-0.25, -0.2) is 0 Å². The van der Waals surface area contributed by atoms with Crippen molar-refractivity contribution in [2.75, 3.05) is 6.61 Å². The Morgan fingerprint density at radius 1 is 1.12 bits per heavy atom. The Morgan fingerprint density at radius 2 is 1.84 bits per heavy atom. The highest BCUT2D eigenvalue weighted by Crippen LogP contribution is 2.35. The summed E-state index contributed by atoms with van der Waals surface area (Å²) in [6, 6.07) is 9.84. The lowest BCUT2D eigenvalue weighted by Gasteiger charge is -2.30. The van der Waals surface area contributed by atoms with Crippen LogP contribution in [0.5, 0.6) is 0 Å². The first-order valence-corrected chi connectivity index (χ1v) is 8.58. The number of hydrogen-bond acceptors (Lipinski definition) is 6. The first-order valence-electron chi connectivity index (χ1n) is 8.58. The highest BCUT2D eigenvalue weighted by Gasteiger charge is 2.51. The van der Waals surface area contributed by atoms with Crippen molar-refractivity contribution in [2.45, 2.75) is 70.3 Å². The van der Waals surface area contributed by atoms with Crippen LogP contribution in [0.25, 0.3) is 0 Å². The van der Waals surface area contributed by atoms with E-state index in [9.17, 15) is 4.79 Å². The Balaban J connectivity index is 1.78. The standard InChI is InChI=1S/C19H26O6/c1-18(2)22-12-15(24-18)16(21-11-13-8-6-5-7-9-13)17-14(10-20)23-19(3,4)25-17/h5-10,14-17H,11-12H2,1-4H3/t14-,15-,16-,17+/m0/s1. The third-order valence-corrected chi connectivity index (χ3v) is 4.30. The fourth-order valence-electron chi connectivity index (χ4n) is 3.23. The van der Waals surface area contributed by atoms with Crippen molar-refractivity contribution in [1.29, 1.82) is 0 Å². The van der Waals surface area contributed by atoms with E-state index in [-0.39, 0.29) is 6.10 Å². The number of ether oxygens (including phenoxy) is 5. The Morgan fingerprint density at radius 3 is 2.44 bits per heavy atom. The van der Waals surface area contributed by atoms with Crippen molar-refractivity contribution in [3.05, 3.63) is 35.9 Å². The third kappa shape index (κ3) is 4.46. The van der Waals surface area contributed by atoms with Crippen LogP contribution in [-0.2, 0) is 35.1 Å². The molecule has 1 aromatic carbocycles. The molecule has 6 heteroatoms. The van der Waals surface area contributed by atoms with Gasteiger partial charge in [0.15, 0.2) is 17.9 Å². The van der Waals surface area contributed by atoms with Gasteiger partial charge in [0.2, 0.25) is 0 Å². The number of benzene rings is 1. The Bertz CT molecular complexity index is 585. The van der Waals surface area contributed by atoms with Crippen molar-refractivity contribution in [3.8, 4) is 0 Å². The van der Waals surface area contributed by atoms with Crippen molar-refractivity contribution in [2.24, 2.45) is 0 Å². The average Bonchev–Trinajstić information content (AvgIpc) is 3.07. The predicted molar refractivity (Wildman–Crippen MR) is 89.8 cm³/mol. The second kappa shape index (κ2) is 7.13. The summed E-state index contributed by atoms with van der Waals surface area (Å²) in [5.41, 5.74) is 1.03. The van der Waals surface area contributed by atoms with Crippen molar-refractivity contribution >= 4 is 6.29 Å². The summed E-state index contributed by atoms with van der Waals surface area (Å²) in [4.78, 5) is 11.5. The zero-order valence-electron chi connectivity index (χ0n) is 15.1. The maximum absolute atomic E-state index is 11.5. The van der Waals surface area contributed by atoms with Crippen LogP contribution in [0.3, 0.4) is 0 Å². The van der Waals surface area contributed by atoms with Crippen molar-refractivity contribution < 1.29 is 28.5 Å². The molecule has 2 aliphatic heterocycles. The zero-order valence-corrected chi connectivity index (χ0v) is 15.1. The second-order valence-corrected chi connectivity index (χ2v) is 7.33. The van der Waals surface area contributed by atoms with Crippen LogP contribution in [0.4, 0.5) is 0 Å². The molecule has 0 radical (unpaired) electrons. The molecule has 2 aliphatic rings. The molecular weight excluding hydrogens is 324 g/mol. The van der Waals surface area contributed by atoms with Gasteiger partial charge < -0.3 is 28.5 Å². The Labute approximate surface area is 148 Å². The summed E-state index contributed by atoms with van der Waals surface area (Å²) in [5, 5.41) is 0. The summed E-state index contributed by atoms with van der Waals surface area (Å²) in [6.07, 6.45) is -1.33. The summed E-state index contributed by atoms with van der Waals surface area (Å²) >= 11 is 0. The molecule has 0 spiro atoms. The van der Waals surface area contributed by atoms with E-state index in [4.69, 9.17) is 23.7 Å². The molecule has 0 aromatic heterocycles. The molecule has 4 atom stereocenters. The van der Waals surface area contributed by atoms with Gasteiger partial charge in [0.25, 0.3) is 0 Å². The maximum Gasteiger partial charge on any atom is 0.164 e. The van der Waals surface area contributed by atoms with E-state index in [1.807, 2.05) is 44.2 Å². The lowest BCUT2D eigenvalue weighted by molar-refractivity contribution is -0.190. The van der Waals surface area contributed by atoms with Gasteiger partial charge in [-0.05, 0) is 33.3 Å². The van der Waals surface area contributed by atoms with E-state index in [1.54, 1.807) is 13.8 Å². The van der Waals surface area contributed by atoms with Crippen LogP contribution in [0, 0.1) is 0 Å². The minimum absolute atomic E-state index is 0.344. The van der Waals surface area contributed by atoms with E-state index in [2.05, 4.69) is 0 Å². The topological polar surface area (TPSA) is 63.2 Å². The summed E-state index contributed by atoms with van der Waals surface area (Å²) in [6.45, 7) is 8.04. The second-order valence-electron chi connectivity index (χ2n) is 7.33. The molecular formula is C19H26O6. The fraction of sp³-hybridized carbons (Fsp3) is 0.632. The van der Waals surface area contributed by atoms with E-state index < -0.39 is 29.9 Å². The van der Waals surface area contributed by atoms with E-state index in [0.29, 0.717) is 13.2 Å². The molecule has 0 amide bonds. The van der Waals surface area contributed by atoms with Gasteiger partial charge in [-0.15, -0.1) is 0 Å². The Hall–Kier alpha value is -1.31. The van der Waals surface area contributed by atoms with Crippen LogP contribution in [0.15, 0.2) is 30.3 Å². The zero-order chi connectivity index (χ0) is 18.1. The molecule has 138 valence electrons.